The second-order valence-corrected chi connectivity index (χ2v) is 7.14. The van der Waals surface area contributed by atoms with Crippen molar-refractivity contribution in [1.82, 2.24) is 9.80 Å². The van der Waals surface area contributed by atoms with Crippen molar-refractivity contribution in [3.8, 4) is 0 Å². The minimum absolute atomic E-state index is 0.220. The van der Waals surface area contributed by atoms with Crippen LogP contribution in [0.3, 0.4) is 0 Å². The molecule has 0 saturated carbocycles. The number of hydrogen-bond donors (Lipinski definition) is 1. The fourth-order valence-electron chi connectivity index (χ4n) is 3.21. The van der Waals surface area contributed by atoms with Crippen LogP contribution in [0.4, 0.5) is 0 Å². The van der Waals surface area contributed by atoms with E-state index < -0.39 is 5.60 Å². The van der Waals surface area contributed by atoms with Crippen molar-refractivity contribution in [2.75, 3.05) is 39.8 Å². The van der Waals surface area contributed by atoms with Crippen molar-refractivity contribution in [2.24, 2.45) is 5.92 Å². The lowest BCUT2D eigenvalue weighted by Crippen LogP contribution is -2.50. The molecule has 2 rings (SSSR count). The largest absolute Gasteiger partial charge is 0.389 e. The first-order chi connectivity index (χ1) is 10.4. The van der Waals surface area contributed by atoms with Gasteiger partial charge in [-0.1, -0.05) is 43.6 Å². The van der Waals surface area contributed by atoms with Gasteiger partial charge in [0, 0.05) is 44.2 Å². The van der Waals surface area contributed by atoms with E-state index in [1.807, 2.05) is 24.3 Å². The molecule has 124 valence electrons. The first-order valence-electron chi connectivity index (χ1n) is 8.31. The Balaban J connectivity index is 2.00. The summed E-state index contributed by atoms with van der Waals surface area (Å²) in [6.45, 7) is 9.58. The van der Waals surface area contributed by atoms with Crippen LogP contribution >= 0.6 is 11.6 Å². The third kappa shape index (κ3) is 4.45. The van der Waals surface area contributed by atoms with Gasteiger partial charge in [0.2, 0.25) is 0 Å². The minimum Gasteiger partial charge on any atom is -0.389 e. The molecule has 2 atom stereocenters. The second kappa shape index (κ2) is 7.78. The number of hydrogen-bond acceptors (Lipinski definition) is 3. The van der Waals surface area contributed by atoms with E-state index in [9.17, 15) is 5.11 Å². The standard InChI is InChI=1S/C18H29ClN2O/c1-4-18(22,13-16-7-5-6-8-17(16)19)15(2)14-21-11-9-20(3)10-12-21/h5-8,15,22H,4,9-14H2,1-3H3. The van der Waals surface area contributed by atoms with Gasteiger partial charge in [-0.2, -0.15) is 0 Å². The highest BCUT2D eigenvalue weighted by Crippen LogP contribution is 2.30. The van der Waals surface area contributed by atoms with Gasteiger partial charge in [-0.25, -0.2) is 0 Å². The topological polar surface area (TPSA) is 26.7 Å². The molecule has 1 heterocycles. The molecule has 1 aromatic carbocycles. The van der Waals surface area contributed by atoms with E-state index in [0.29, 0.717) is 6.42 Å². The maximum Gasteiger partial charge on any atom is 0.0723 e. The number of nitrogens with zero attached hydrogens (tertiary/aromatic N) is 2. The van der Waals surface area contributed by atoms with E-state index in [1.165, 1.54) is 0 Å². The molecule has 0 bridgehead atoms. The fraction of sp³-hybridized carbons (Fsp3) is 0.667. The average molecular weight is 325 g/mol. The van der Waals surface area contributed by atoms with E-state index >= 15 is 0 Å². The molecule has 1 aromatic rings. The maximum atomic E-state index is 11.2. The predicted octanol–water partition coefficient (Wildman–Crippen LogP) is 2.91. The highest BCUT2D eigenvalue weighted by molar-refractivity contribution is 6.31. The zero-order valence-corrected chi connectivity index (χ0v) is 14.8. The molecular formula is C18H29ClN2O. The van der Waals surface area contributed by atoms with Crippen LogP contribution in [0.25, 0.3) is 0 Å². The fourth-order valence-corrected chi connectivity index (χ4v) is 3.41. The number of piperazine rings is 1. The lowest BCUT2D eigenvalue weighted by Gasteiger charge is -2.39. The summed E-state index contributed by atoms with van der Waals surface area (Å²) in [6, 6.07) is 7.84. The van der Waals surface area contributed by atoms with E-state index in [2.05, 4.69) is 30.7 Å². The van der Waals surface area contributed by atoms with E-state index in [1.54, 1.807) is 0 Å². The van der Waals surface area contributed by atoms with Gasteiger partial charge >= 0.3 is 0 Å². The first-order valence-corrected chi connectivity index (χ1v) is 8.69. The summed E-state index contributed by atoms with van der Waals surface area (Å²) in [5, 5.41) is 11.9. The number of benzene rings is 1. The molecule has 0 aliphatic carbocycles. The second-order valence-electron chi connectivity index (χ2n) is 6.73. The lowest BCUT2D eigenvalue weighted by atomic mass is 9.80. The van der Waals surface area contributed by atoms with E-state index in [-0.39, 0.29) is 5.92 Å². The van der Waals surface area contributed by atoms with Gasteiger partial charge in [0.25, 0.3) is 0 Å². The van der Waals surface area contributed by atoms with Crippen LogP contribution in [0, 0.1) is 5.92 Å². The van der Waals surface area contributed by atoms with Crippen molar-refractivity contribution in [3.05, 3.63) is 34.9 Å². The van der Waals surface area contributed by atoms with Crippen molar-refractivity contribution < 1.29 is 5.11 Å². The van der Waals surface area contributed by atoms with Gasteiger partial charge in [0.1, 0.15) is 0 Å². The van der Waals surface area contributed by atoms with Gasteiger partial charge in [-0.3, -0.25) is 0 Å². The number of likely N-dealkylation sites (N-methyl/N-ethyl adjacent to an activating group) is 1. The van der Waals surface area contributed by atoms with Crippen LogP contribution in [0.2, 0.25) is 5.02 Å². The molecule has 0 amide bonds. The Hall–Kier alpha value is -0.610. The Morgan fingerprint density at radius 2 is 1.86 bits per heavy atom. The van der Waals surface area contributed by atoms with Gasteiger partial charge in [-0.15, -0.1) is 0 Å². The predicted molar refractivity (Wildman–Crippen MR) is 93.5 cm³/mol. The minimum atomic E-state index is -0.700. The van der Waals surface area contributed by atoms with Crippen molar-refractivity contribution in [3.63, 3.8) is 0 Å². The van der Waals surface area contributed by atoms with Crippen LogP contribution in [0.5, 0.6) is 0 Å². The molecule has 3 nitrogen and oxygen atoms in total. The smallest absolute Gasteiger partial charge is 0.0723 e. The van der Waals surface area contributed by atoms with Crippen LogP contribution in [0.1, 0.15) is 25.8 Å². The Morgan fingerprint density at radius 3 is 2.45 bits per heavy atom. The van der Waals surface area contributed by atoms with Crippen LogP contribution in [0.15, 0.2) is 24.3 Å². The summed E-state index contributed by atoms with van der Waals surface area (Å²) in [4.78, 5) is 4.83. The van der Waals surface area contributed by atoms with Crippen molar-refractivity contribution >= 4 is 11.6 Å². The third-order valence-corrected chi connectivity index (χ3v) is 5.48. The molecule has 0 radical (unpaired) electrons. The molecule has 1 aliphatic heterocycles. The monoisotopic (exact) mass is 324 g/mol. The number of rotatable bonds is 6. The molecule has 4 heteroatoms. The molecule has 1 fully saturated rings. The number of aliphatic hydroxyl groups is 1. The normalized spacial score (nSPS) is 21.5. The van der Waals surface area contributed by atoms with Crippen molar-refractivity contribution in [1.29, 1.82) is 0 Å². The van der Waals surface area contributed by atoms with Gasteiger partial charge in [0.05, 0.1) is 5.60 Å². The zero-order chi connectivity index (χ0) is 16.2. The summed E-state index contributed by atoms with van der Waals surface area (Å²) in [6.07, 6.45) is 1.37. The van der Waals surface area contributed by atoms with Crippen LogP contribution in [-0.2, 0) is 6.42 Å². The Labute approximate surface area is 139 Å². The molecule has 0 aromatic heterocycles. The molecule has 22 heavy (non-hydrogen) atoms. The quantitative estimate of drug-likeness (QED) is 0.871. The first kappa shape index (κ1) is 17.7. The summed E-state index contributed by atoms with van der Waals surface area (Å²) in [7, 11) is 2.17. The molecule has 0 spiro atoms. The lowest BCUT2D eigenvalue weighted by molar-refractivity contribution is -0.0314. The third-order valence-electron chi connectivity index (χ3n) is 5.11. The molecule has 1 N–H and O–H groups in total. The van der Waals surface area contributed by atoms with Crippen LogP contribution < -0.4 is 0 Å². The summed E-state index contributed by atoms with van der Waals surface area (Å²) >= 11 is 6.27. The molecule has 2 unspecified atom stereocenters. The zero-order valence-electron chi connectivity index (χ0n) is 14.1. The highest BCUT2D eigenvalue weighted by atomic mass is 35.5. The van der Waals surface area contributed by atoms with E-state index in [4.69, 9.17) is 11.6 Å². The highest BCUT2D eigenvalue weighted by Gasteiger charge is 2.34. The molecule has 1 saturated heterocycles. The Bertz CT molecular complexity index is 474. The van der Waals surface area contributed by atoms with E-state index in [0.717, 1.165) is 49.7 Å². The summed E-state index contributed by atoms with van der Waals surface area (Å²) < 4.78 is 0. The van der Waals surface area contributed by atoms with Gasteiger partial charge in [0.15, 0.2) is 0 Å². The summed E-state index contributed by atoms with van der Waals surface area (Å²) in [5.74, 6) is 0.220. The number of halogens is 1. The van der Waals surface area contributed by atoms with Gasteiger partial charge in [-0.05, 0) is 31.0 Å². The Morgan fingerprint density at radius 1 is 1.23 bits per heavy atom. The average Bonchev–Trinajstić information content (AvgIpc) is 2.51. The van der Waals surface area contributed by atoms with Crippen LogP contribution in [-0.4, -0.2) is 60.3 Å². The SMILES string of the molecule is CCC(O)(Cc1ccccc1Cl)C(C)CN1CCN(C)CC1. The summed E-state index contributed by atoms with van der Waals surface area (Å²) in [5.41, 5.74) is 0.340. The molecular weight excluding hydrogens is 296 g/mol. The molecule has 1 aliphatic rings. The Kier molecular flexibility index (Phi) is 6.27. The van der Waals surface area contributed by atoms with Gasteiger partial charge < -0.3 is 14.9 Å². The van der Waals surface area contributed by atoms with Crippen molar-refractivity contribution in [2.45, 2.75) is 32.3 Å². The maximum absolute atomic E-state index is 11.2.